The molecule has 1 heterocycles. The van der Waals surface area contributed by atoms with Crippen LogP contribution in [0.4, 0.5) is 10.5 Å². The van der Waals surface area contributed by atoms with Crippen LogP contribution in [0.2, 0.25) is 0 Å². The second kappa shape index (κ2) is 6.67. The number of nitrogens with zero attached hydrogens (tertiary/aromatic N) is 1. The minimum Gasteiger partial charge on any atom is -0.330 e. The first kappa shape index (κ1) is 17.4. The fourth-order valence-corrected chi connectivity index (χ4v) is 4.04. The molecule has 1 aromatic heterocycles. The van der Waals surface area contributed by atoms with E-state index in [9.17, 15) is 13.2 Å². The largest absolute Gasteiger partial charge is 0.330 e. The lowest BCUT2D eigenvalue weighted by atomic mass is 10.2. The zero-order chi connectivity index (χ0) is 17.2. The number of hydrogen-bond donors (Lipinski definition) is 2. The second-order valence-corrected chi connectivity index (χ2v) is 8.49. The van der Waals surface area contributed by atoms with E-state index in [2.05, 4.69) is 15.6 Å². The third-order valence-corrected chi connectivity index (χ3v) is 5.63. The van der Waals surface area contributed by atoms with Crippen molar-refractivity contribution in [3.8, 4) is 0 Å². The van der Waals surface area contributed by atoms with Crippen molar-refractivity contribution in [2.24, 2.45) is 0 Å². The summed E-state index contributed by atoms with van der Waals surface area (Å²) in [5.41, 5.74) is 1.15. The molecule has 0 spiro atoms. The summed E-state index contributed by atoms with van der Waals surface area (Å²) in [6.45, 7) is 5.67. The first-order chi connectivity index (χ1) is 10.7. The number of anilines is 1. The molecule has 6 nitrogen and oxygen atoms in total. The Balaban J connectivity index is 2.13. The van der Waals surface area contributed by atoms with Gasteiger partial charge in [-0.15, -0.1) is 11.3 Å². The summed E-state index contributed by atoms with van der Waals surface area (Å²) in [4.78, 5) is 17.6. The van der Waals surface area contributed by atoms with Gasteiger partial charge in [0.15, 0.2) is 9.84 Å². The third-order valence-electron chi connectivity index (χ3n) is 3.22. The number of urea groups is 1. The topological polar surface area (TPSA) is 88.2 Å². The van der Waals surface area contributed by atoms with Gasteiger partial charge in [-0.3, -0.25) is 0 Å². The van der Waals surface area contributed by atoms with Gasteiger partial charge in [-0.1, -0.05) is 12.1 Å². The number of thiazole rings is 1. The molecule has 0 bridgehead atoms. The average Bonchev–Trinajstić information content (AvgIpc) is 2.77. The van der Waals surface area contributed by atoms with Crippen LogP contribution >= 0.6 is 11.3 Å². The van der Waals surface area contributed by atoms with Crippen LogP contribution in [-0.4, -0.2) is 25.7 Å². The van der Waals surface area contributed by atoms with Crippen LogP contribution in [-0.2, 0) is 9.84 Å². The molecule has 8 heteroatoms. The van der Waals surface area contributed by atoms with E-state index in [1.54, 1.807) is 18.2 Å². The minimum atomic E-state index is -3.41. The van der Waals surface area contributed by atoms with Gasteiger partial charge in [-0.05, 0) is 32.9 Å². The predicted molar refractivity (Wildman–Crippen MR) is 91.7 cm³/mol. The molecule has 1 aromatic carbocycles. The SMILES string of the molecule is Cc1nc(C)c([C@H](C)NC(=O)Nc2ccccc2S(C)(=O)=O)s1. The first-order valence-corrected chi connectivity index (χ1v) is 9.70. The molecule has 0 aliphatic rings. The number of hydrogen-bond acceptors (Lipinski definition) is 5. The Morgan fingerprint density at radius 2 is 1.91 bits per heavy atom. The van der Waals surface area contributed by atoms with Gasteiger partial charge in [-0.2, -0.15) is 0 Å². The Kier molecular flexibility index (Phi) is 5.06. The first-order valence-electron chi connectivity index (χ1n) is 6.99. The van der Waals surface area contributed by atoms with Gasteiger partial charge in [0.2, 0.25) is 0 Å². The summed E-state index contributed by atoms with van der Waals surface area (Å²) in [7, 11) is -3.41. The van der Waals surface area contributed by atoms with Crippen LogP contribution in [0.3, 0.4) is 0 Å². The zero-order valence-electron chi connectivity index (χ0n) is 13.4. The lowest BCUT2D eigenvalue weighted by Crippen LogP contribution is -2.31. The van der Waals surface area contributed by atoms with Crippen molar-refractivity contribution in [1.29, 1.82) is 0 Å². The normalized spacial score (nSPS) is 12.7. The molecule has 0 unspecified atom stereocenters. The van der Waals surface area contributed by atoms with Crippen LogP contribution in [0, 0.1) is 13.8 Å². The number of para-hydroxylation sites is 1. The fourth-order valence-electron chi connectivity index (χ4n) is 2.26. The van der Waals surface area contributed by atoms with Crippen molar-refractivity contribution in [3.05, 3.63) is 39.8 Å². The molecule has 0 saturated carbocycles. The molecule has 23 heavy (non-hydrogen) atoms. The second-order valence-electron chi connectivity index (χ2n) is 5.27. The van der Waals surface area contributed by atoms with Crippen LogP contribution in [0.25, 0.3) is 0 Å². The maximum absolute atomic E-state index is 12.2. The predicted octanol–water partition coefficient (Wildman–Crippen LogP) is 3.05. The van der Waals surface area contributed by atoms with Crippen molar-refractivity contribution >= 4 is 32.9 Å². The van der Waals surface area contributed by atoms with E-state index in [4.69, 9.17) is 0 Å². The van der Waals surface area contributed by atoms with E-state index in [0.29, 0.717) is 0 Å². The van der Waals surface area contributed by atoms with Crippen molar-refractivity contribution in [1.82, 2.24) is 10.3 Å². The van der Waals surface area contributed by atoms with E-state index < -0.39 is 15.9 Å². The molecule has 2 amide bonds. The fraction of sp³-hybridized carbons (Fsp3) is 0.333. The molecule has 0 fully saturated rings. The zero-order valence-corrected chi connectivity index (χ0v) is 15.0. The average molecular weight is 353 g/mol. The van der Waals surface area contributed by atoms with Crippen LogP contribution in [0.1, 0.15) is 28.5 Å². The molecule has 1 atom stereocenters. The Labute approximate surface area is 139 Å². The number of nitrogens with one attached hydrogen (secondary N) is 2. The molecule has 2 aromatic rings. The minimum absolute atomic E-state index is 0.0904. The number of rotatable bonds is 4. The molecule has 124 valence electrons. The molecule has 0 saturated heterocycles. The summed E-state index contributed by atoms with van der Waals surface area (Å²) in [6, 6.07) is 5.63. The maximum Gasteiger partial charge on any atom is 0.319 e. The number of carbonyl (C=O) groups is 1. The van der Waals surface area contributed by atoms with E-state index in [1.165, 1.54) is 17.4 Å². The molecule has 0 aliphatic heterocycles. The number of carbonyl (C=O) groups excluding carboxylic acids is 1. The monoisotopic (exact) mass is 353 g/mol. The van der Waals surface area contributed by atoms with Crippen molar-refractivity contribution in [2.45, 2.75) is 31.7 Å². The summed E-state index contributed by atoms with van der Waals surface area (Å²) >= 11 is 1.53. The maximum atomic E-state index is 12.2. The highest BCUT2D eigenvalue weighted by Crippen LogP contribution is 2.25. The highest BCUT2D eigenvalue weighted by molar-refractivity contribution is 7.90. The summed E-state index contributed by atoms with van der Waals surface area (Å²) in [5.74, 6) is 0. The summed E-state index contributed by atoms with van der Waals surface area (Å²) in [5, 5.41) is 6.34. The molecule has 2 rings (SSSR count). The van der Waals surface area contributed by atoms with E-state index in [-0.39, 0.29) is 16.6 Å². The highest BCUT2D eigenvalue weighted by Gasteiger charge is 2.18. The van der Waals surface area contributed by atoms with Gasteiger partial charge < -0.3 is 10.6 Å². The standard InChI is InChI=1S/C15H19N3O3S2/c1-9-14(22-11(3)16-9)10(2)17-15(19)18-12-7-5-6-8-13(12)23(4,20)21/h5-8,10H,1-4H3,(H2,17,18,19)/t10-/m0/s1. The van der Waals surface area contributed by atoms with Crippen molar-refractivity contribution in [3.63, 3.8) is 0 Å². The lowest BCUT2D eigenvalue weighted by Gasteiger charge is -2.15. The smallest absolute Gasteiger partial charge is 0.319 e. The van der Waals surface area contributed by atoms with Crippen LogP contribution in [0.15, 0.2) is 29.2 Å². The van der Waals surface area contributed by atoms with Gasteiger partial charge in [0.1, 0.15) is 0 Å². The Hall–Kier alpha value is -1.93. The highest BCUT2D eigenvalue weighted by atomic mass is 32.2. The molecule has 0 aliphatic carbocycles. The molecular formula is C15H19N3O3S2. The Bertz CT molecular complexity index is 828. The number of aryl methyl sites for hydroxylation is 2. The number of benzene rings is 1. The number of amides is 2. The Morgan fingerprint density at radius 1 is 1.26 bits per heavy atom. The van der Waals surface area contributed by atoms with Crippen LogP contribution < -0.4 is 10.6 Å². The summed E-state index contributed by atoms with van der Waals surface area (Å²) in [6.07, 6.45) is 1.11. The van der Waals surface area contributed by atoms with Gasteiger partial charge in [0.05, 0.1) is 27.3 Å². The molecule has 0 radical (unpaired) electrons. The van der Waals surface area contributed by atoms with Gasteiger partial charge in [-0.25, -0.2) is 18.2 Å². The van der Waals surface area contributed by atoms with Crippen molar-refractivity contribution in [2.75, 3.05) is 11.6 Å². The quantitative estimate of drug-likeness (QED) is 0.884. The van der Waals surface area contributed by atoms with Gasteiger partial charge in [0, 0.05) is 11.1 Å². The number of sulfone groups is 1. The molecular weight excluding hydrogens is 334 g/mol. The van der Waals surface area contributed by atoms with Crippen LogP contribution in [0.5, 0.6) is 0 Å². The van der Waals surface area contributed by atoms with E-state index >= 15 is 0 Å². The van der Waals surface area contributed by atoms with E-state index in [0.717, 1.165) is 21.8 Å². The van der Waals surface area contributed by atoms with Crippen molar-refractivity contribution < 1.29 is 13.2 Å². The summed E-state index contributed by atoms with van der Waals surface area (Å²) < 4.78 is 23.5. The van der Waals surface area contributed by atoms with E-state index in [1.807, 2.05) is 20.8 Å². The Morgan fingerprint density at radius 3 is 2.48 bits per heavy atom. The molecule has 2 N–H and O–H groups in total. The van der Waals surface area contributed by atoms with Gasteiger partial charge in [0.25, 0.3) is 0 Å². The lowest BCUT2D eigenvalue weighted by molar-refractivity contribution is 0.249. The number of aromatic nitrogens is 1. The third kappa shape index (κ3) is 4.29. The van der Waals surface area contributed by atoms with Gasteiger partial charge >= 0.3 is 6.03 Å².